The van der Waals surface area contributed by atoms with Crippen LogP contribution in [0.5, 0.6) is 0 Å². The standard InChI is InChI=1S/C8H15N/c1-3-5-6-8-9-7-4-2/h6-8H,3-5H2,1-2H3/b8-6+,9-7?. The Kier molecular flexibility index (Phi) is 6.92. The highest BCUT2D eigenvalue weighted by molar-refractivity contribution is 5.57. The summed E-state index contributed by atoms with van der Waals surface area (Å²) in [4.78, 5) is 4.02. The minimum atomic E-state index is 1.02. The monoisotopic (exact) mass is 125 g/mol. The van der Waals surface area contributed by atoms with Crippen LogP contribution in [0.1, 0.15) is 33.1 Å². The number of nitrogens with zero attached hydrogens (tertiary/aromatic N) is 1. The molecule has 0 aromatic carbocycles. The van der Waals surface area contributed by atoms with Gasteiger partial charge in [0.15, 0.2) is 0 Å². The van der Waals surface area contributed by atoms with Crippen molar-refractivity contribution in [2.24, 2.45) is 4.99 Å². The minimum Gasteiger partial charge on any atom is -0.269 e. The minimum absolute atomic E-state index is 1.02. The maximum Gasteiger partial charge on any atom is 0.0223 e. The number of allylic oxidation sites excluding steroid dienone is 1. The second-order valence-corrected chi connectivity index (χ2v) is 1.91. The van der Waals surface area contributed by atoms with Gasteiger partial charge in [-0.05, 0) is 12.8 Å². The molecule has 0 amide bonds. The van der Waals surface area contributed by atoms with Crippen molar-refractivity contribution in [3.63, 3.8) is 0 Å². The normalized spacial score (nSPS) is 11.8. The van der Waals surface area contributed by atoms with E-state index in [4.69, 9.17) is 0 Å². The smallest absolute Gasteiger partial charge is 0.0223 e. The summed E-state index contributed by atoms with van der Waals surface area (Å²) in [6.07, 6.45) is 9.24. The fraction of sp³-hybridized carbons (Fsp3) is 0.625. The van der Waals surface area contributed by atoms with Gasteiger partial charge in [0.2, 0.25) is 0 Å². The molecule has 1 nitrogen and oxygen atoms in total. The number of unbranched alkanes of at least 4 members (excludes halogenated alkanes) is 1. The maximum atomic E-state index is 4.02. The summed E-state index contributed by atoms with van der Waals surface area (Å²) in [5.41, 5.74) is 0. The van der Waals surface area contributed by atoms with E-state index in [2.05, 4.69) is 24.9 Å². The van der Waals surface area contributed by atoms with Crippen molar-refractivity contribution in [1.29, 1.82) is 0 Å². The summed E-state index contributed by atoms with van der Waals surface area (Å²) in [5.74, 6) is 0. The zero-order valence-electron chi connectivity index (χ0n) is 6.30. The van der Waals surface area contributed by atoms with E-state index in [0.717, 1.165) is 12.8 Å². The number of hydrogen-bond acceptors (Lipinski definition) is 1. The molecule has 9 heavy (non-hydrogen) atoms. The van der Waals surface area contributed by atoms with E-state index < -0.39 is 0 Å². The Bertz CT molecular complexity index is 92.7. The molecule has 0 radical (unpaired) electrons. The Morgan fingerprint density at radius 1 is 1.33 bits per heavy atom. The number of aliphatic imine (C=N–C) groups is 1. The van der Waals surface area contributed by atoms with Crippen molar-refractivity contribution in [1.82, 2.24) is 0 Å². The van der Waals surface area contributed by atoms with Gasteiger partial charge in [0.1, 0.15) is 0 Å². The van der Waals surface area contributed by atoms with Gasteiger partial charge in [-0.25, -0.2) is 0 Å². The van der Waals surface area contributed by atoms with Gasteiger partial charge in [0, 0.05) is 12.4 Å². The van der Waals surface area contributed by atoms with Crippen molar-refractivity contribution >= 4 is 6.21 Å². The van der Waals surface area contributed by atoms with Crippen LogP contribution in [0.3, 0.4) is 0 Å². The highest BCUT2D eigenvalue weighted by Gasteiger charge is 1.68. The van der Waals surface area contributed by atoms with Crippen molar-refractivity contribution in [2.75, 3.05) is 0 Å². The molecule has 0 unspecified atom stereocenters. The molecule has 0 atom stereocenters. The largest absolute Gasteiger partial charge is 0.269 e. The van der Waals surface area contributed by atoms with E-state index in [1.54, 1.807) is 0 Å². The molecular weight excluding hydrogens is 110 g/mol. The molecule has 0 aliphatic rings. The van der Waals surface area contributed by atoms with Gasteiger partial charge in [-0.2, -0.15) is 0 Å². The second kappa shape index (κ2) is 7.41. The molecule has 0 heterocycles. The Morgan fingerprint density at radius 2 is 2.11 bits per heavy atom. The summed E-state index contributed by atoms with van der Waals surface area (Å²) >= 11 is 0. The first-order valence-electron chi connectivity index (χ1n) is 3.58. The third-order valence-electron chi connectivity index (χ3n) is 0.935. The van der Waals surface area contributed by atoms with Crippen molar-refractivity contribution in [3.8, 4) is 0 Å². The first-order chi connectivity index (χ1) is 4.41. The van der Waals surface area contributed by atoms with E-state index in [0.29, 0.717) is 0 Å². The molecule has 52 valence electrons. The third-order valence-corrected chi connectivity index (χ3v) is 0.935. The quantitative estimate of drug-likeness (QED) is 0.512. The van der Waals surface area contributed by atoms with Crippen molar-refractivity contribution in [2.45, 2.75) is 33.1 Å². The fourth-order valence-electron chi connectivity index (χ4n) is 0.468. The molecule has 0 spiro atoms. The van der Waals surface area contributed by atoms with Crippen LogP contribution in [0.2, 0.25) is 0 Å². The van der Waals surface area contributed by atoms with Crippen LogP contribution in [0, 0.1) is 0 Å². The topological polar surface area (TPSA) is 12.4 Å². The van der Waals surface area contributed by atoms with Gasteiger partial charge in [0.25, 0.3) is 0 Å². The van der Waals surface area contributed by atoms with Gasteiger partial charge in [-0.1, -0.05) is 26.3 Å². The van der Waals surface area contributed by atoms with Crippen LogP contribution in [-0.4, -0.2) is 6.21 Å². The van der Waals surface area contributed by atoms with E-state index in [9.17, 15) is 0 Å². The first kappa shape index (κ1) is 8.41. The van der Waals surface area contributed by atoms with E-state index in [1.807, 2.05) is 12.4 Å². The Morgan fingerprint density at radius 3 is 2.67 bits per heavy atom. The van der Waals surface area contributed by atoms with E-state index in [-0.39, 0.29) is 0 Å². The second-order valence-electron chi connectivity index (χ2n) is 1.91. The van der Waals surface area contributed by atoms with Crippen LogP contribution in [0.25, 0.3) is 0 Å². The van der Waals surface area contributed by atoms with E-state index >= 15 is 0 Å². The molecule has 0 aliphatic carbocycles. The lowest BCUT2D eigenvalue weighted by atomic mass is 10.3. The molecule has 0 saturated carbocycles. The Hall–Kier alpha value is -0.590. The predicted molar refractivity (Wildman–Crippen MR) is 42.8 cm³/mol. The summed E-state index contributed by atoms with van der Waals surface area (Å²) in [7, 11) is 0. The SMILES string of the molecule is CCC=N/C=C/CCC. The van der Waals surface area contributed by atoms with Crippen LogP contribution in [0.15, 0.2) is 17.3 Å². The number of hydrogen-bond donors (Lipinski definition) is 0. The van der Waals surface area contributed by atoms with Crippen molar-refractivity contribution in [3.05, 3.63) is 12.3 Å². The van der Waals surface area contributed by atoms with E-state index in [1.165, 1.54) is 6.42 Å². The van der Waals surface area contributed by atoms with Crippen LogP contribution in [0.4, 0.5) is 0 Å². The first-order valence-corrected chi connectivity index (χ1v) is 3.58. The zero-order valence-corrected chi connectivity index (χ0v) is 6.30. The molecule has 0 aromatic rings. The molecular formula is C8H15N. The molecule has 1 heteroatoms. The van der Waals surface area contributed by atoms with Crippen LogP contribution < -0.4 is 0 Å². The maximum absolute atomic E-state index is 4.02. The van der Waals surface area contributed by atoms with Gasteiger partial charge < -0.3 is 0 Å². The lowest BCUT2D eigenvalue weighted by molar-refractivity contribution is 0.956. The van der Waals surface area contributed by atoms with Gasteiger partial charge >= 0.3 is 0 Å². The average molecular weight is 125 g/mol. The third kappa shape index (κ3) is 7.41. The summed E-state index contributed by atoms with van der Waals surface area (Å²) in [5, 5.41) is 0. The average Bonchev–Trinajstić information content (AvgIpc) is 1.89. The lowest BCUT2D eigenvalue weighted by Crippen LogP contribution is -1.64. The Balaban J connectivity index is 3.13. The fourth-order valence-corrected chi connectivity index (χ4v) is 0.468. The van der Waals surface area contributed by atoms with Gasteiger partial charge in [0.05, 0.1) is 0 Å². The van der Waals surface area contributed by atoms with Crippen LogP contribution >= 0.6 is 0 Å². The molecule has 0 rings (SSSR count). The van der Waals surface area contributed by atoms with Gasteiger partial charge in [-0.3, -0.25) is 4.99 Å². The molecule has 0 bridgehead atoms. The molecule has 0 aromatic heterocycles. The highest BCUT2D eigenvalue weighted by atomic mass is 14.7. The highest BCUT2D eigenvalue weighted by Crippen LogP contribution is 1.87. The Labute approximate surface area is 57.5 Å². The number of rotatable bonds is 4. The summed E-state index contributed by atoms with van der Waals surface area (Å²) in [6, 6.07) is 0. The molecule has 0 N–H and O–H groups in total. The predicted octanol–water partition coefficient (Wildman–Crippen LogP) is 2.78. The van der Waals surface area contributed by atoms with Crippen molar-refractivity contribution < 1.29 is 0 Å². The lowest BCUT2D eigenvalue weighted by Gasteiger charge is -1.79. The summed E-state index contributed by atoms with van der Waals surface area (Å²) < 4.78 is 0. The summed E-state index contributed by atoms with van der Waals surface area (Å²) in [6.45, 7) is 4.24. The molecule has 0 fully saturated rings. The van der Waals surface area contributed by atoms with Crippen LogP contribution in [-0.2, 0) is 0 Å². The molecule has 0 aliphatic heterocycles. The van der Waals surface area contributed by atoms with Gasteiger partial charge in [-0.15, -0.1) is 0 Å². The zero-order chi connectivity index (χ0) is 6.95. The molecule has 0 saturated heterocycles.